The monoisotopic (exact) mass is 315 g/mol. The minimum absolute atomic E-state index is 0.0223. The van der Waals surface area contributed by atoms with Crippen molar-refractivity contribution in [1.29, 1.82) is 0 Å². The standard InChI is InChI=1S/C18H18FNO3/c19-15-6-7-16-14(11-21)8-9-20(17(16)10-15)18(22)23-12-13-4-2-1-3-5-13/h1-7,10,14,21H,8-9,11-12H2. The van der Waals surface area contributed by atoms with E-state index in [9.17, 15) is 14.3 Å². The number of nitrogens with zero attached hydrogens (tertiary/aromatic N) is 1. The molecule has 0 radical (unpaired) electrons. The van der Waals surface area contributed by atoms with E-state index in [-0.39, 0.29) is 19.1 Å². The van der Waals surface area contributed by atoms with Crippen LogP contribution in [-0.2, 0) is 11.3 Å². The molecule has 1 atom stereocenters. The van der Waals surface area contributed by atoms with Crippen LogP contribution in [0.25, 0.3) is 0 Å². The van der Waals surface area contributed by atoms with Gasteiger partial charge in [-0.05, 0) is 29.7 Å². The molecule has 1 N–H and O–H groups in total. The molecule has 1 heterocycles. The number of benzene rings is 2. The predicted molar refractivity (Wildman–Crippen MR) is 84.8 cm³/mol. The van der Waals surface area contributed by atoms with E-state index in [0.717, 1.165) is 11.1 Å². The first-order valence-corrected chi connectivity index (χ1v) is 7.57. The smallest absolute Gasteiger partial charge is 0.414 e. The molecular weight excluding hydrogens is 297 g/mol. The summed E-state index contributed by atoms with van der Waals surface area (Å²) in [6.07, 6.45) is 0.118. The van der Waals surface area contributed by atoms with Crippen molar-refractivity contribution in [3.8, 4) is 0 Å². The van der Waals surface area contributed by atoms with Crippen LogP contribution in [0, 0.1) is 5.82 Å². The third kappa shape index (κ3) is 3.35. The molecule has 1 aliphatic rings. The third-order valence-corrected chi connectivity index (χ3v) is 4.07. The Hall–Kier alpha value is -2.40. The highest BCUT2D eigenvalue weighted by molar-refractivity contribution is 5.89. The molecule has 0 aromatic heterocycles. The maximum Gasteiger partial charge on any atom is 0.414 e. The number of hydrogen-bond acceptors (Lipinski definition) is 3. The van der Waals surface area contributed by atoms with Gasteiger partial charge in [0.15, 0.2) is 0 Å². The molecule has 0 spiro atoms. The minimum Gasteiger partial charge on any atom is -0.444 e. The molecular formula is C18H18FNO3. The van der Waals surface area contributed by atoms with Crippen molar-refractivity contribution >= 4 is 11.8 Å². The second kappa shape index (κ2) is 6.79. The zero-order valence-electron chi connectivity index (χ0n) is 12.6. The first kappa shape index (κ1) is 15.5. The normalized spacial score (nSPS) is 16.8. The van der Waals surface area contributed by atoms with E-state index in [1.807, 2.05) is 30.3 Å². The molecule has 23 heavy (non-hydrogen) atoms. The average Bonchev–Trinajstić information content (AvgIpc) is 2.59. The molecule has 0 saturated carbocycles. The lowest BCUT2D eigenvalue weighted by Crippen LogP contribution is -2.37. The lowest BCUT2D eigenvalue weighted by Gasteiger charge is -2.33. The Morgan fingerprint density at radius 1 is 1.26 bits per heavy atom. The van der Waals surface area contributed by atoms with E-state index in [4.69, 9.17) is 4.74 Å². The van der Waals surface area contributed by atoms with Crippen LogP contribution >= 0.6 is 0 Å². The van der Waals surface area contributed by atoms with E-state index in [1.165, 1.54) is 17.0 Å². The van der Waals surface area contributed by atoms with Crippen LogP contribution in [0.2, 0.25) is 0 Å². The molecule has 5 heteroatoms. The number of carbonyl (C=O) groups excluding carboxylic acids is 1. The van der Waals surface area contributed by atoms with Crippen molar-refractivity contribution in [1.82, 2.24) is 0 Å². The molecule has 1 amide bonds. The summed E-state index contributed by atoms with van der Waals surface area (Å²) in [6.45, 7) is 0.547. The number of halogens is 1. The maximum absolute atomic E-state index is 13.6. The van der Waals surface area contributed by atoms with Crippen LogP contribution in [0.5, 0.6) is 0 Å². The van der Waals surface area contributed by atoms with Crippen molar-refractivity contribution in [3.63, 3.8) is 0 Å². The summed E-state index contributed by atoms with van der Waals surface area (Å²) in [5.41, 5.74) is 2.15. The number of rotatable bonds is 3. The molecule has 0 saturated heterocycles. The number of anilines is 1. The van der Waals surface area contributed by atoms with Gasteiger partial charge in [-0.15, -0.1) is 0 Å². The summed E-state index contributed by atoms with van der Waals surface area (Å²) in [5.74, 6) is -0.494. The van der Waals surface area contributed by atoms with Crippen LogP contribution < -0.4 is 4.90 Å². The van der Waals surface area contributed by atoms with Crippen LogP contribution in [0.3, 0.4) is 0 Å². The summed E-state index contributed by atoms with van der Waals surface area (Å²) in [7, 11) is 0. The summed E-state index contributed by atoms with van der Waals surface area (Å²) >= 11 is 0. The van der Waals surface area contributed by atoms with Crippen LogP contribution in [-0.4, -0.2) is 24.4 Å². The zero-order valence-corrected chi connectivity index (χ0v) is 12.6. The molecule has 0 aliphatic carbocycles. The Balaban J connectivity index is 1.77. The summed E-state index contributed by atoms with van der Waals surface area (Å²) in [5, 5.41) is 9.46. The van der Waals surface area contributed by atoms with Crippen molar-refractivity contribution in [3.05, 3.63) is 65.5 Å². The Labute approximate surface area is 134 Å². The lowest BCUT2D eigenvalue weighted by atomic mass is 9.91. The molecule has 1 aliphatic heterocycles. The molecule has 4 nitrogen and oxygen atoms in total. The van der Waals surface area contributed by atoms with Crippen molar-refractivity contribution in [2.75, 3.05) is 18.1 Å². The summed E-state index contributed by atoms with van der Waals surface area (Å²) in [4.78, 5) is 13.8. The molecule has 2 aromatic carbocycles. The lowest BCUT2D eigenvalue weighted by molar-refractivity contribution is 0.145. The van der Waals surface area contributed by atoms with E-state index in [0.29, 0.717) is 18.7 Å². The molecule has 120 valence electrons. The fourth-order valence-electron chi connectivity index (χ4n) is 2.83. The minimum atomic E-state index is -0.503. The van der Waals surface area contributed by atoms with Gasteiger partial charge in [0.2, 0.25) is 0 Å². The number of amides is 1. The number of carbonyl (C=O) groups is 1. The predicted octanol–water partition coefficient (Wildman–Crippen LogP) is 3.45. The molecule has 1 unspecified atom stereocenters. The van der Waals surface area contributed by atoms with Crippen LogP contribution in [0.4, 0.5) is 14.9 Å². The number of hydrogen-bond donors (Lipinski definition) is 1. The SMILES string of the molecule is O=C(OCc1ccccc1)N1CCC(CO)c2ccc(F)cc21. The fourth-order valence-corrected chi connectivity index (χ4v) is 2.83. The van der Waals surface area contributed by atoms with E-state index in [2.05, 4.69) is 0 Å². The highest BCUT2D eigenvalue weighted by Gasteiger charge is 2.29. The first-order valence-electron chi connectivity index (χ1n) is 7.57. The first-order chi connectivity index (χ1) is 11.2. The fraction of sp³-hybridized carbons (Fsp3) is 0.278. The van der Waals surface area contributed by atoms with Crippen molar-refractivity contribution < 1.29 is 19.0 Å². The van der Waals surface area contributed by atoms with Gasteiger partial charge in [-0.2, -0.15) is 0 Å². The van der Waals surface area contributed by atoms with Crippen LogP contribution in [0.1, 0.15) is 23.5 Å². The number of aliphatic hydroxyl groups is 1. The van der Waals surface area contributed by atoms with Gasteiger partial charge in [0.25, 0.3) is 0 Å². The largest absolute Gasteiger partial charge is 0.444 e. The van der Waals surface area contributed by atoms with Crippen LogP contribution in [0.15, 0.2) is 48.5 Å². The maximum atomic E-state index is 13.6. The number of aliphatic hydroxyl groups excluding tert-OH is 1. The Morgan fingerprint density at radius 2 is 2.04 bits per heavy atom. The van der Waals surface area contributed by atoms with Gasteiger partial charge in [-0.1, -0.05) is 36.4 Å². The average molecular weight is 315 g/mol. The van der Waals surface area contributed by atoms with Gasteiger partial charge in [-0.3, -0.25) is 4.90 Å². The number of ether oxygens (including phenoxy) is 1. The molecule has 3 rings (SSSR count). The van der Waals surface area contributed by atoms with Crippen molar-refractivity contribution in [2.45, 2.75) is 18.9 Å². The summed E-state index contributed by atoms with van der Waals surface area (Å²) < 4.78 is 18.9. The summed E-state index contributed by atoms with van der Waals surface area (Å²) in [6, 6.07) is 13.7. The van der Waals surface area contributed by atoms with Gasteiger partial charge < -0.3 is 9.84 Å². The quantitative estimate of drug-likeness (QED) is 0.944. The third-order valence-electron chi connectivity index (χ3n) is 4.07. The van der Waals surface area contributed by atoms with Gasteiger partial charge >= 0.3 is 6.09 Å². The highest BCUT2D eigenvalue weighted by atomic mass is 19.1. The van der Waals surface area contributed by atoms with E-state index in [1.54, 1.807) is 6.07 Å². The number of fused-ring (bicyclic) bond motifs is 1. The van der Waals surface area contributed by atoms with Gasteiger partial charge in [0.1, 0.15) is 12.4 Å². The van der Waals surface area contributed by atoms with E-state index >= 15 is 0 Å². The van der Waals surface area contributed by atoms with Crippen molar-refractivity contribution in [2.24, 2.45) is 0 Å². The second-order valence-corrected chi connectivity index (χ2v) is 5.56. The van der Waals surface area contributed by atoms with E-state index < -0.39 is 11.9 Å². The van der Waals surface area contributed by atoms with Gasteiger partial charge in [-0.25, -0.2) is 9.18 Å². The van der Waals surface area contributed by atoms with Gasteiger partial charge in [0, 0.05) is 12.5 Å². The Bertz CT molecular complexity index is 690. The Morgan fingerprint density at radius 3 is 2.78 bits per heavy atom. The highest BCUT2D eigenvalue weighted by Crippen LogP contribution is 2.35. The second-order valence-electron chi connectivity index (χ2n) is 5.56. The zero-order chi connectivity index (χ0) is 16.2. The van der Waals surface area contributed by atoms with Gasteiger partial charge in [0.05, 0.1) is 12.3 Å². The molecule has 2 aromatic rings. The molecule has 0 bridgehead atoms. The Kier molecular flexibility index (Phi) is 4.57. The topological polar surface area (TPSA) is 49.8 Å². The molecule has 0 fully saturated rings.